The smallest absolute Gasteiger partial charge is 0.231 e. The summed E-state index contributed by atoms with van der Waals surface area (Å²) in [5, 5.41) is 0. The van der Waals surface area contributed by atoms with Crippen molar-refractivity contribution < 1.29 is 14.3 Å². The quantitative estimate of drug-likeness (QED) is 0.799. The van der Waals surface area contributed by atoms with E-state index in [1.54, 1.807) is 0 Å². The Morgan fingerprint density at radius 2 is 2.06 bits per heavy atom. The van der Waals surface area contributed by atoms with E-state index < -0.39 is 0 Å². The Balaban J connectivity index is 2.14. The van der Waals surface area contributed by atoms with Crippen molar-refractivity contribution in [3.8, 4) is 11.5 Å². The maximum absolute atomic E-state index is 12.0. The first-order chi connectivity index (χ1) is 8.26. The van der Waals surface area contributed by atoms with Gasteiger partial charge >= 0.3 is 0 Å². The largest absolute Gasteiger partial charge is 0.454 e. The molecule has 1 aliphatic heterocycles. The van der Waals surface area contributed by atoms with Gasteiger partial charge in [0.25, 0.3) is 0 Å². The lowest BCUT2D eigenvalue weighted by molar-refractivity contribution is -0.130. The molecule has 92 valence electrons. The number of amides is 1. The number of fused-ring (bicyclic) bond motifs is 1. The molecular weight excluding hydrogens is 218 g/mol. The van der Waals surface area contributed by atoms with Crippen LogP contribution in [0.2, 0.25) is 0 Å². The number of hydrogen-bond donors (Lipinski definition) is 0. The highest BCUT2D eigenvalue weighted by Gasteiger charge is 2.20. The molecule has 17 heavy (non-hydrogen) atoms. The van der Waals surface area contributed by atoms with Crippen LogP contribution in [0.5, 0.6) is 11.5 Å². The fourth-order valence-corrected chi connectivity index (χ4v) is 1.98. The van der Waals surface area contributed by atoms with Crippen LogP contribution in [0.15, 0.2) is 18.2 Å². The molecular formula is C13H17NO3. The number of carbonyl (C=O) groups excluding carboxylic acids is 1. The summed E-state index contributed by atoms with van der Waals surface area (Å²) in [5.41, 5.74) is 0.900. The van der Waals surface area contributed by atoms with Crippen LogP contribution in [-0.4, -0.2) is 30.7 Å². The van der Waals surface area contributed by atoms with E-state index >= 15 is 0 Å². The number of nitrogens with zero attached hydrogens (tertiary/aromatic N) is 1. The molecule has 0 unspecified atom stereocenters. The van der Waals surface area contributed by atoms with Crippen LogP contribution in [-0.2, 0) is 11.2 Å². The Labute approximate surface area is 101 Å². The third-order valence-corrected chi connectivity index (χ3v) is 2.94. The Morgan fingerprint density at radius 3 is 2.76 bits per heavy atom. The van der Waals surface area contributed by atoms with E-state index in [1.807, 2.05) is 36.9 Å². The summed E-state index contributed by atoms with van der Waals surface area (Å²) >= 11 is 0. The van der Waals surface area contributed by atoms with Crippen molar-refractivity contribution in [3.63, 3.8) is 0 Å². The first-order valence-corrected chi connectivity index (χ1v) is 5.91. The van der Waals surface area contributed by atoms with Crippen molar-refractivity contribution in [1.29, 1.82) is 0 Å². The molecule has 2 rings (SSSR count). The average molecular weight is 235 g/mol. The monoisotopic (exact) mass is 235 g/mol. The lowest BCUT2D eigenvalue weighted by atomic mass is 10.1. The molecule has 1 aromatic carbocycles. The number of hydrogen-bond acceptors (Lipinski definition) is 3. The summed E-state index contributed by atoms with van der Waals surface area (Å²) in [5.74, 6) is 1.57. The zero-order valence-electron chi connectivity index (χ0n) is 10.2. The number of ether oxygens (including phenoxy) is 2. The molecule has 0 saturated heterocycles. The van der Waals surface area contributed by atoms with Crippen LogP contribution >= 0.6 is 0 Å². The molecule has 0 bridgehead atoms. The molecule has 0 atom stereocenters. The minimum Gasteiger partial charge on any atom is -0.454 e. The molecule has 1 amide bonds. The van der Waals surface area contributed by atoms with Crippen LogP contribution in [0.4, 0.5) is 0 Å². The van der Waals surface area contributed by atoms with Crippen molar-refractivity contribution in [3.05, 3.63) is 23.8 Å². The number of rotatable bonds is 4. The van der Waals surface area contributed by atoms with Gasteiger partial charge in [-0.25, -0.2) is 0 Å². The van der Waals surface area contributed by atoms with Crippen molar-refractivity contribution in [2.45, 2.75) is 20.3 Å². The number of likely N-dealkylation sites (N-methyl/N-ethyl adjacent to an activating group) is 1. The van der Waals surface area contributed by atoms with Crippen LogP contribution in [0.25, 0.3) is 0 Å². The summed E-state index contributed by atoms with van der Waals surface area (Å²) in [6, 6.07) is 5.65. The maximum Gasteiger partial charge on any atom is 0.231 e. The maximum atomic E-state index is 12.0. The first-order valence-electron chi connectivity index (χ1n) is 5.91. The van der Waals surface area contributed by atoms with Gasteiger partial charge in [0, 0.05) is 18.7 Å². The molecule has 0 aromatic heterocycles. The summed E-state index contributed by atoms with van der Waals surface area (Å²) in [6.45, 7) is 5.68. The van der Waals surface area contributed by atoms with Crippen LogP contribution in [0.1, 0.15) is 19.4 Å². The van der Waals surface area contributed by atoms with Gasteiger partial charge in [0.05, 0.1) is 6.42 Å². The zero-order valence-corrected chi connectivity index (χ0v) is 10.2. The van der Waals surface area contributed by atoms with E-state index in [4.69, 9.17) is 9.47 Å². The van der Waals surface area contributed by atoms with Gasteiger partial charge in [-0.1, -0.05) is 12.1 Å². The van der Waals surface area contributed by atoms with E-state index in [0.29, 0.717) is 12.2 Å². The van der Waals surface area contributed by atoms with E-state index in [1.165, 1.54) is 0 Å². The number of carbonyl (C=O) groups is 1. The number of para-hydroxylation sites is 1. The van der Waals surface area contributed by atoms with Gasteiger partial charge in [0.2, 0.25) is 12.7 Å². The minimum absolute atomic E-state index is 0.124. The fraction of sp³-hybridized carbons (Fsp3) is 0.462. The second kappa shape index (κ2) is 5.08. The summed E-state index contributed by atoms with van der Waals surface area (Å²) < 4.78 is 10.7. The normalized spacial score (nSPS) is 12.6. The highest BCUT2D eigenvalue weighted by molar-refractivity contribution is 5.80. The molecule has 4 heteroatoms. The van der Waals surface area contributed by atoms with E-state index in [-0.39, 0.29) is 12.7 Å². The molecule has 0 saturated carbocycles. The van der Waals surface area contributed by atoms with Crippen molar-refractivity contribution >= 4 is 5.91 Å². The van der Waals surface area contributed by atoms with Crippen LogP contribution in [0.3, 0.4) is 0 Å². The Bertz CT molecular complexity index is 413. The topological polar surface area (TPSA) is 38.8 Å². The lowest BCUT2D eigenvalue weighted by Gasteiger charge is -2.18. The molecule has 1 heterocycles. The van der Waals surface area contributed by atoms with Gasteiger partial charge in [-0.05, 0) is 19.9 Å². The second-order valence-corrected chi connectivity index (χ2v) is 3.89. The lowest BCUT2D eigenvalue weighted by Crippen LogP contribution is -2.31. The van der Waals surface area contributed by atoms with Gasteiger partial charge in [0.15, 0.2) is 11.5 Å². The summed E-state index contributed by atoms with van der Waals surface area (Å²) in [4.78, 5) is 13.8. The van der Waals surface area contributed by atoms with Crippen LogP contribution < -0.4 is 9.47 Å². The number of benzene rings is 1. The molecule has 0 aliphatic carbocycles. The predicted octanol–water partition coefficient (Wildman–Crippen LogP) is 1.83. The highest BCUT2D eigenvalue weighted by Crippen LogP contribution is 2.35. The van der Waals surface area contributed by atoms with Gasteiger partial charge in [-0.3, -0.25) is 4.79 Å². The van der Waals surface area contributed by atoms with Crippen molar-refractivity contribution in [2.24, 2.45) is 0 Å². The van der Waals surface area contributed by atoms with Gasteiger partial charge in [0.1, 0.15) is 0 Å². The van der Waals surface area contributed by atoms with Crippen molar-refractivity contribution in [1.82, 2.24) is 4.90 Å². The molecule has 1 aliphatic rings. The average Bonchev–Trinajstić information content (AvgIpc) is 2.80. The molecule has 4 nitrogen and oxygen atoms in total. The van der Waals surface area contributed by atoms with E-state index in [2.05, 4.69) is 0 Å². The Kier molecular flexibility index (Phi) is 3.52. The van der Waals surface area contributed by atoms with Crippen LogP contribution in [0, 0.1) is 0 Å². The molecule has 1 aromatic rings. The van der Waals surface area contributed by atoms with Gasteiger partial charge < -0.3 is 14.4 Å². The first kappa shape index (κ1) is 11.8. The third-order valence-electron chi connectivity index (χ3n) is 2.94. The van der Waals surface area contributed by atoms with Gasteiger partial charge in [-0.2, -0.15) is 0 Å². The predicted molar refractivity (Wildman–Crippen MR) is 64.2 cm³/mol. The third kappa shape index (κ3) is 2.35. The molecule has 0 N–H and O–H groups in total. The second-order valence-electron chi connectivity index (χ2n) is 3.89. The van der Waals surface area contributed by atoms with E-state index in [9.17, 15) is 4.79 Å². The molecule has 0 fully saturated rings. The summed E-state index contributed by atoms with van der Waals surface area (Å²) in [6.07, 6.45) is 0.369. The highest BCUT2D eigenvalue weighted by atomic mass is 16.7. The standard InChI is InChI=1S/C13H17NO3/c1-3-14(4-2)12(15)8-10-6-5-7-11-13(10)17-9-16-11/h5-7H,3-4,8-9H2,1-2H3. The van der Waals surface area contributed by atoms with E-state index in [0.717, 1.165) is 24.4 Å². The van der Waals surface area contributed by atoms with Crippen molar-refractivity contribution in [2.75, 3.05) is 19.9 Å². The molecule has 0 radical (unpaired) electrons. The zero-order chi connectivity index (χ0) is 12.3. The fourth-order valence-electron chi connectivity index (χ4n) is 1.98. The SMILES string of the molecule is CCN(CC)C(=O)Cc1cccc2c1OCO2. The Morgan fingerprint density at radius 1 is 1.29 bits per heavy atom. The van der Waals surface area contributed by atoms with Gasteiger partial charge in [-0.15, -0.1) is 0 Å². The minimum atomic E-state index is 0.124. The molecule has 0 spiro atoms. The summed E-state index contributed by atoms with van der Waals surface area (Å²) in [7, 11) is 0. The Hall–Kier alpha value is -1.71.